The van der Waals surface area contributed by atoms with Crippen molar-refractivity contribution in [3.63, 3.8) is 0 Å². The number of fused-ring (bicyclic) bond motifs is 9. The molecule has 0 unspecified atom stereocenters. The molecule has 3 heteroatoms. The molecule has 3 aromatic heterocycles. The van der Waals surface area contributed by atoms with Gasteiger partial charge in [-0.25, -0.2) is 0 Å². The highest BCUT2D eigenvalue weighted by Gasteiger charge is 2.18. The van der Waals surface area contributed by atoms with Crippen molar-refractivity contribution in [2.24, 2.45) is 0 Å². The lowest BCUT2D eigenvalue weighted by atomic mass is 9.98. The molecule has 0 aliphatic rings. The molecule has 0 aliphatic carbocycles. The molecule has 58 heavy (non-hydrogen) atoms. The average Bonchev–Trinajstić information content (AvgIpc) is 1.52. The number of rotatable bonds is 5. The summed E-state index contributed by atoms with van der Waals surface area (Å²) in [6.07, 6.45) is 0. The predicted molar refractivity (Wildman–Crippen MR) is 245 cm³/mol. The van der Waals surface area contributed by atoms with Crippen molar-refractivity contribution in [3.05, 3.63) is 211 Å². The Bertz CT molecular complexity index is 5190. The standard InChI is InChI=1S/C55H37N3/c1-36-21-26-45-47-33-38(23-28-52(47)58(55(45)31-36)43-17-9-4-10-18-43)40-25-30-54-49(35-40)48-34-39(24-29-53(48)57(54)42-15-7-3-8-16-42)37-22-27-51-46(32-37)44-19-11-12-20-50(44)56(51)41-13-5-2-6-14-41/h2-35H,1H3/i2D,3D,4D,5D,6D,7D,8D,9D,10D,11D,12D,13D,14D,15D,16D,17D,18D,19D,20D,21D,22D,23D,24D,25D,26D,27D,28D,29D,30D,31D,32D,33D,34D,35D. The van der Waals surface area contributed by atoms with Crippen molar-refractivity contribution in [2.75, 3.05) is 0 Å². The number of nitrogens with zero attached hydrogens (tertiary/aromatic N) is 3. The summed E-state index contributed by atoms with van der Waals surface area (Å²) in [7, 11) is 0. The maximum absolute atomic E-state index is 10.2. The molecule has 0 saturated carbocycles. The fourth-order valence-electron chi connectivity index (χ4n) is 7.05. The third-order valence-corrected chi connectivity index (χ3v) is 9.48. The van der Waals surface area contributed by atoms with Crippen LogP contribution in [-0.4, -0.2) is 13.7 Å². The average molecular weight is 774 g/mol. The van der Waals surface area contributed by atoms with Crippen molar-refractivity contribution in [3.8, 4) is 39.3 Å². The zero-order valence-electron chi connectivity index (χ0n) is 63.3. The first-order valence-corrected chi connectivity index (χ1v) is 17.3. The van der Waals surface area contributed by atoms with E-state index in [0.717, 1.165) is 4.57 Å². The summed E-state index contributed by atoms with van der Waals surface area (Å²) < 4.78 is 313. The summed E-state index contributed by atoms with van der Waals surface area (Å²) in [6.45, 7) is 1.27. The molecule has 9 aromatic carbocycles. The van der Waals surface area contributed by atoms with Gasteiger partial charge in [0.2, 0.25) is 0 Å². The van der Waals surface area contributed by atoms with Gasteiger partial charge in [-0.3, -0.25) is 0 Å². The third-order valence-electron chi connectivity index (χ3n) is 9.48. The van der Waals surface area contributed by atoms with Crippen LogP contribution in [0.15, 0.2) is 205 Å². The first kappa shape index (κ1) is 13.5. The molecule has 0 aliphatic heterocycles. The fourth-order valence-corrected chi connectivity index (χ4v) is 7.05. The van der Waals surface area contributed by atoms with Gasteiger partial charge < -0.3 is 13.7 Å². The second-order valence-corrected chi connectivity index (χ2v) is 12.8. The Labute approximate surface area is 383 Å². The molecule has 12 aromatic rings. The van der Waals surface area contributed by atoms with Crippen LogP contribution in [0.4, 0.5) is 0 Å². The fraction of sp³-hybridized carbons (Fsp3) is 0.0182. The zero-order chi connectivity index (χ0) is 67.9. The Morgan fingerprint density at radius 3 is 1.03 bits per heavy atom. The van der Waals surface area contributed by atoms with E-state index in [4.69, 9.17) is 27.4 Å². The van der Waals surface area contributed by atoms with Gasteiger partial charge in [0.15, 0.2) is 0 Å². The lowest BCUT2D eigenvalue weighted by Gasteiger charge is -2.09. The quantitative estimate of drug-likeness (QED) is 0.165. The van der Waals surface area contributed by atoms with Gasteiger partial charge in [-0.2, -0.15) is 0 Å². The lowest BCUT2D eigenvalue weighted by Crippen LogP contribution is -1.93. The van der Waals surface area contributed by atoms with Gasteiger partial charge in [0.05, 0.1) is 79.7 Å². The van der Waals surface area contributed by atoms with Crippen molar-refractivity contribution in [1.82, 2.24) is 13.7 Å². The molecule has 0 spiro atoms. The van der Waals surface area contributed by atoms with E-state index in [1.807, 2.05) is 0 Å². The highest BCUT2D eigenvalue weighted by Crippen LogP contribution is 2.41. The molecule has 0 fully saturated rings. The molecule has 3 nitrogen and oxygen atoms in total. The largest absolute Gasteiger partial charge is 0.309 e. The Hall–Kier alpha value is -7.62. The van der Waals surface area contributed by atoms with E-state index in [-0.39, 0.29) is 5.56 Å². The van der Waals surface area contributed by atoms with Crippen molar-refractivity contribution in [1.29, 1.82) is 0 Å². The van der Waals surface area contributed by atoms with E-state index in [1.165, 1.54) is 6.92 Å². The van der Waals surface area contributed by atoms with E-state index >= 15 is 0 Å². The van der Waals surface area contributed by atoms with Crippen molar-refractivity contribution < 1.29 is 46.6 Å². The Morgan fingerprint density at radius 1 is 0.276 bits per heavy atom. The molecule has 0 bridgehead atoms. The molecule has 0 amide bonds. The Morgan fingerprint density at radius 2 is 0.603 bits per heavy atom. The molecule has 0 saturated heterocycles. The van der Waals surface area contributed by atoms with E-state index in [2.05, 4.69) is 0 Å². The maximum atomic E-state index is 10.2. The lowest BCUT2D eigenvalue weighted by molar-refractivity contribution is 1.18. The molecular formula is C55H37N3. The smallest absolute Gasteiger partial charge is 0.0648 e. The van der Waals surface area contributed by atoms with Crippen LogP contribution in [0.25, 0.3) is 105 Å². The van der Waals surface area contributed by atoms with Crippen LogP contribution in [0.3, 0.4) is 0 Å². The third kappa shape index (κ3) is 4.93. The van der Waals surface area contributed by atoms with Gasteiger partial charge >= 0.3 is 0 Å². The number of hydrogen-bond acceptors (Lipinski definition) is 0. The number of hydrogen-bond donors (Lipinski definition) is 0. The summed E-state index contributed by atoms with van der Waals surface area (Å²) in [5, 5.41) is -3.97. The van der Waals surface area contributed by atoms with Crippen LogP contribution in [0, 0.1) is 6.92 Å². The minimum atomic E-state index is -1.13. The van der Waals surface area contributed by atoms with E-state index < -0.39 is 310 Å². The summed E-state index contributed by atoms with van der Waals surface area (Å²) in [6, 6.07) is -32.5. The van der Waals surface area contributed by atoms with Crippen molar-refractivity contribution >= 4 is 65.4 Å². The molecule has 0 N–H and O–H groups in total. The molecule has 3 heterocycles. The normalized spacial score (nSPS) is 20.1. The highest BCUT2D eigenvalue weighted by atomic mass is 15.0. The van der Waals surface area contributed by atoms with Crippen LogP contribution in [0.2, 0.25) is 0 Å². The molecule has 0 atom stereocenters. The van der Waals surface area contributed by atoms with Crippen LogP contribution in [0.1, 0.15) is 52.2 Å². The van der Waals surface area contributed by atoms with E-state index in [0.29, 0.717) is 9.13 Å². The van der Waals surface area contributed by atoms with Gasteiger partial charge in [0.25, 0.3) is 0 Å². The van der Waals surface area contributed by atoms with E-state index in [1.54, 1.807) is 0 Å². The predicted octanol–water partition coefficient (Wildman–Crippen LogP) is 14.6. The molecule has 12 rings (SSSR count). The first-order chi connectivity index (χ1) is 42.9. The maximum Gasteiger partial charge on any atom is 0.0648 e. The Kier molecular flexibility index (Phi) is 2.96. The number of benzene rings is 9. The highest BCUT2D eigenvalue weighted by molar-refractivity contribution is 6.14. The van der Waals surface area contributed by atoms with Gasteiger partial charge in [-0.15, -0.1) is 0 Å². The summed E-state index contributed by atoms with van der Waals surface area (Å²) in [5.74, 6) is 0. The number of aromatic nitrogens is 3. The van der Waals surface area contributed by atoms with Gasteiger partial charge in [-0.05, 0) is 131 Å². The zero-order valence-corrected chi connectivity index (χ0v) is 29.3. The van der Waals surface area contributed by atoms with E-state index in [9.17, 15) is 19.2 Å². The van der Waals surface area contributed by atoms with Gasteiger partial charge in [0, 0.05) is 49.4 Å². The minimum Gasteiger partial charge on any atom is -0.309 e. The minimum absolute atomic E-state index is 0.179. The second kappa shape index (κ2) is 12.7. The van der Waals surface area contributed by atoms with Crippen molar-refractivity contribution in [2.45, 2.75) is 6.92 Å². The van der Waals surface area contributed by atoms with Gasteiger partial charge in [-0.1, -0.05) is 109 Å². The van der Waals surface area contributed by atoms with Crippen LogP contribution < -0.4 is 0 Å². The second-order valence-electron chi connectivity index (χ2n) is 12.8. The number of para-hydroxylation sites is 4. The summed E-state index contributed by atoms with van der Waals surface area (Å²) in [4.78, 5) is 0. The monoisotopic (exact) mass is 774 g/mol. The van der Waals surface area contributed by atoms with Crippen LogP contribution in [0.5, 0.6) is 0 Å². The first-order valence-electron chi connectivity index (χ1n) is 34.3. The molecular weight excluding hydrogens is 703 g/mol. The summed E-state index contributed by atoms with van der Waals surface area (Å²) in [5.41, 5.74) is -10.2. The van der Waals surface area contributed by atoms with Crippen LogP contribution >= 0.6 is 0 Å². The topological polar surface area (TPSA) is 14.8 Å². The van der Waals surface area contributed by atoms with Gasteiger partial charge in [0.1, 0.15) is 0 Å². The molecule has 272 valence electrons. The summed E-state index contributed by atoms with van der Waals surface area (Å²) >= 11 is 0. The SMILES string of the molecule is [2H]c1c([2H])c([2H])c(-n2c3c([2H])c([2H])c([2H])c([2H])c3c3c([2H])c(-c4c([2H])c([2H])c5c(c4[2H])c4c([2H])c(-c6c([2H])c([2H])c7c(c6[2H])c6c([2H])c([2H])c(C)c([2H])c6n7-c6c([2H])c([2H])c([2H])c([2H])c6[2H])c([2H])c([2H])c4n5-c4c([2H])c([2H])c([2H])c([2H])c4[2H])c([2H])c([2H])c32)c([2H])c1[2H]. The van der Waals surface area contributed by atoms with Crippen LogP contribution in [-0.2, 0) is 0 Å². The molecule has 0 radical (unpaired) electrons. The Balaban J connectivity index is 1.30.